The average Bonchev–Trinajstić information content (AvgIpc) is 2.40. The third kappa shape index (κ3) is 2.28. The van der Waals surface area contributed by atoms with Crippen molar-refractivity contribution >= 4 is 5.97 Å². The van der Waals surface area contributed by atoms with E-state index < -0.39 is 11.4 Å². The van der Waals surface area contributed by atoms with Gasteiger partial charge >= 0.3 is 5.97 Å². The van der Waals surface area contributed by atoms with Crippen molar-refractivity contribution in [2.24, 2.45) is 0 Å². The smallest absolute Gasteiger partial charge is 0.313 e. The molecule has 0 fully saturated rings. The summed E-state index contributed by atoms with van der Waals surface area (Å²) < 4.78 is 0. The molecule has 0 bridgehead atoms. The second-order valence-electron chi connectivity index (χ2n) is 4.87. The van der Waals surface area contributed by atoms with Crippen LogP contribution in [0.15, 0.2) is 54.6 Å². The minimum atomic E-state index is -0.852. The van der Waals surface area contributed by atoms with Crippen LogP contribution in [0.1, 0.15) is 19.4 Å². The topological polar surface area (TPSA) is 37.3 Å². The van der Waals surface area contributed by atoms with Crippen LogP contribution in [-0.2, 0) is 10.2 Å². The molecule has 0 saturated carbocycles. The number of carboxylic acid groups (broad SMARTS) is 1. The third-order valence-corrected chi connectivity index (χ3v) is 3.25. The van der Waals surface area contributed by atoms with E-state index in [-0.39, 0.29) is 0 Å². The van der Waals surface area contributed by atoms with Crippen molar-refractivity contribution in [3.8, 4) is 11.1 Å². The fourth-order valence-electron chi connectivity index (χ4n) is 1.83. The Kier molecular flexibility index (Phi) is 3.19. The van der Waals surface area contributed by atoms with E-state index in [2.05, 4.69) is 0 Å². The number of rotatable bonds is 3. The van der Waals surface area contributed by atoms with E-state index in [1.165, 1.54) is 0 Å². The molecule has 1 N–H and O–H groups in total. The van der Waals surface area contributed by atoms with Gasteiger partial charge in [-0.05, 0) is 30.5 Å². The van der Waals surface area contributed by atoms with Gasteiger partial charge in [0.05, 0.1) is 5.41 Å². The Bertz CT molecular complexity index is 539. The zero-order chi connectivity index (χ0) is 13.2. The molecule has 0 amide bonds. The van der Waals surface area contributed by atoms with Gasteiger partial charge < -0.3 is 5.11 Å². The maximum Gasteiger partial charge on any atom is 0.313 e. The maximum absolute atomic E-state index is 11.2. The molecule has 0 aromatic heterocycles. The van der Waals surface area contributed by atoms with Crippen LogP contribution in [0.25, 0.3) is 11.1 Å². The van der Waals surface area contributed by atoms with Gasteiger partial charge in [0.25, 0.3) is 0 Å². The van der Waals surface area contributed by atoms with Gasteiger partial charge in [-0.25, -0.2) is 0 Å². The van der Waals surface area contributed by atoms with Crippen molar-refractivity contribution in [1.82, 2.24) is 0 Å². The van der Waals surface area contributed by atoms with Gasteiger partial charge in [-0.15, -0.1) is 0 Å². The van der Waals surface area contributed by atoms with Crippen LogP contribution in [-0.4, -0.2) is 11.1 Å². The molecule has 0 spiro atoms. The Morgan fingerprint density at radius 2 is 1.39 bits per heavy atom. The largest absolute Gasteiger partial charge is 0.481 e. The first kappa shape index (κ1) is 12.4. The number of carbonyl (C=O) groups is 1. The van der Waals surface area contributed by atoms with Crippen molar-refractivity contribution in [2.45, 2.75) is 19.3 Å². The summed E-state index contributed by atoms with van der Waals surface area (Å²) in [6.45, 7) is 3.43. The van der Waals surface area contributed by atoms with Crippen molar-refractivity contribution in [3.05, 3.63) is 60.2 Å². The molecule has 0 radical (unpaired) electrons. The molecule has 0 saturated heterocycles. The first-order valence-corrected chi connectivity index (χ1v) is 5.91. The summed E-state index contributed by atoms with van der Waals surface area (Å²) in [6, 6.07) is 17.7. The Balaban J connectivity index is 2.35. The highest BCUT2D eigenvalue weighted by Crippen LogP contribution is 2.26. The minimum absolute atomic E-state index is 0.810. The highest BCUT2D eigenvalue weighted by molar-refractivity contribution is 5.80. The van der Waals surface area contributed by atoms with Gasteiger partial charge in [-0.3, -0.25) is 4.79 Å². The van der Waals surface area contributed by atoms with E-state index in [9.17, 15) is 9.90 Å². The number of benzene rings is 2. The fourth-order valence-corrected chi connectivity index (χ4v) is 1.83. The van der Waals surface area contributed by atoms with E-state index in [4.69, 9.17) is 0 Å². The van der Waals surface area contributed by atoms with Crippen molar-refractivity contribution < 1.29 is 9.90 Å². The number of hydrogen-bond donors (Lipinski definition) is 1. The summed E-state index contributed by atoms with van der Waals surface area (Å²) in [4.78, 5) is 11.2. The van der Waals surface area contributed by atoms with Crippen LogP contribution in [0, 0.1) is 0 Å². The molecule has 18 heavy (non-hydrogen) atoms. The monoisotopic (exact) mass is 240 g/mol. The predicted octanol–water partition coefficient (Wildman–Crippen LogP) is 3.72. The molecule has 0 aliphatic rings. The van der Waals surface area contributed by atoms with Crippen LogP contribution >= 0.6 is 0 Å². The summed E-state index contributed by atoms with van der Waals surface area (Å²) in [5.41, 5.74) is 2.20. The Hall–Kier alpha value is -2.09. The van der Waals surface area contributed by atoms with E-state index in [0.717, 1.165) is 16.7 Å². The molecule has 2 rings (SSSR count). The molecule has 0 unspecified atom stereocenters. The first-order valence-electron chi connectivity index (χ1n) is 5.91. The standard InChI is InChI=1S/C16H16O2/c1-16(2,15(17)18)14-10-8-13(9-11-14)12-6-4-3-5-7-12/h3-11H,1-2H3,(H,17,18). The lowest BCUT2D eigenvalue weighted by atomic mass is 9.84. The summed E-state index contributed by atoms with van der Waals surface area (Å²) in [6.07, 6.45) is 0. The van der Waals surface area contributed by atoms with E-state index >= 15 is 0 Å². The van der Waals surface area contributed by atoms with E-state index in [1.54, 1.807) is 13.8 Å². The van der Waals surface area contributed by atoms with Crippen LogP contribution in [0.4, 0.5) is 0 Å². The van der Waals surface area contributed by atoms with Crippen molar-refractivity contribution in [1.29, 1.82) is 0 Å². The van der Waals surface area contributed by atoms with Crippen LogP contribution in [0.3, 0.4) is 0 Å². The first-order chi connectivity index (χ1) is 8.51. The molecule has 0 aliphatic heterocycles. The molecular formula is C16H16O2. The van der Waals surface area contributed by atoms with Gasteiger partial charge in [-0.1, -0.05) is 54.6 Å². The molecule has 2 heteroatoms. The zero-order valence-corrected chi connectivity index (χ0v) is 10.6. The van der Waals surface area contributed by atoms with Crippen LogP contribution in [0.5, 0.6) is 0 Å². The zero-order valence-electron chi connectivity index (χ0n) is 10.6. The van der Waals surface area contributed by atoms with Gasteiger partial charge in [-0.2, -0.15) is 0 Å². The summed E-state index contributed by atoms with van der Waals surface area (Å²) in [5, 5.41) is 9.18. The molecular weight excluding hydrogens is 224 g/mol. The maximum atomic E-state index is 11.2. The van der Waals surface area contributed by atoms with Crippen LogP contribution in [0.2, 0.25) is 0 Å². The third-order valence-electron chi connectivity index (χ3n) is 3.25. The van der Waals surface area contributed by atoms with Crippen LogP contribution < -0.4 is 0 Å². The Labute approximate surface area is 107 Å². The summed E-state index contributed by atoms with van der Waals surface area (Å²) in [7, 11) is 0. The fraction of sp³-hybridized carbons (Fsp3) is 0.188. The van der Waals surface area contributed by atoms with Gasteiger partial charge in [0.15, 0.2) is 0 Å². The quantitative estimate of drug-likeness (QED) is 0.887. The normalized spacial score (nSPS) is 11.2. The van der Waals surface area contributed by atoms with E-state index in [1.807, 2.05) is 54.6 Å². The number of aliphatic carboxylic acids is 1. The predicted molar refractivity (Wildman–Crippen MR) is 72.5 cm³/mol. The summed E-state index contributed by atoms with van der Waals surface area (Å²) in [5.74, 6) is -0.810. The van der Waals surface area contributed by atoms with Crippen molar-refractivity contribution in [2.75, 3.05) is 0 Å². The van der Waals surface area contributed by atoms with E-state index in [0.29, 0.717) is 0 Å². The number of hydrogen-bond acceptors (Lipinski definition) is 1. The number of carboxylic acids is 1. The summed E-state index contributed by atoms with van der Waals surface area (Å²) >= 11 is 0. The SMILES string of the molecule is CC(C)(C(=O)O)c1ccc(-c2ccccc2)cc1. The van der Waals surface area contributed by atoms with Crippen molar-refractivity contribution in [3.63, 3.8) is 0 Å². The Morgan fingerprint density at radius 1 is 0.889 bits per heavy atom. The second-order valence-corrected chi connectivity index (χ2v) is 4.87. The lowest BCUT2D eigenvalue weighted by Crippen LogP contribution is -2.28. The highest BCUT2D eigenvalue weighted by Gasteiger charge is 2.29. The minimum Gasteiger partial charge on any atom is -0.481 e. The average molecular weight is 240 g/mol. The van der Waals surface area contributed by atoms with Gasteiger partial charge in [0.2, 0.25) is 0 Å². The molecule has 92 valence electrons. The molecule has 2 aromatic rings. The molecule has 2 nitrogen and oxygen atoms in total. The highest BCUT2D eigenvalue weighted by atomic mass is 16.4. The second kappa shape index (κ2) is 4.65. The van der Waals surface area contributed by atoms with Gasteiger partial charge in [0, 0.05) is 0 Å². The lowest BCUT2D eigenvalue weighted by molar-refractivity contribution is -0.142. The molecule has 0 atom stereocenters. The molecule has 2 aromatic carbocycles. The molecule has 0 aliphatic carbocycles. The molecule has 0 heterocycles. The lowest BCUT2D eigenvalue weighted by Gasteiger charge is -2.19. The van der Waals surface area contributed by atoms with Gasteiger partial charge in [0.1, 0.15) is 0 Å². The Morgan fingerprint density at radius 3 is 1.89 bits per heavy atom.